The van der Waals surface area contributed by atoms with Gasteiger partial charge in [0.05, 0.1) is 0 Å². The normalized spacial score (nSPS) is 13.4. The molecule has 0 aliphatic heterocycles. The Hall–Kier alpha value is -5.23. The molecular weight excluding hydrogens is 889 g/mol. The summed E-state index contributed by atoms with van der Waals surface area (Å²) in [7, 11) is 0. The lowest BCUT2D eigenvalue weighted by Crippen LogP contribution is -2.30. The van der Waals surface area contributed by atoms with Gasteiger partial charge in [0.1, 0.15) is 13.2 Å². The minimum atomic E-state index is -0.839. The minimum Gasteiger partial charge on any atom is -0.462 e. The SMILES string of the molecule is CC\C=C/C=C\C=C/C=C\C=C\C=C/C=C\CCCCCC(=O)OCC(COC(=O)CC/C=C\C/C=C\C/C=C\C/C=C\C/C=C\CC)OC(=O)CCCCCCCCCCCC/C=C\C=C/CCCCC. The predicted molar refractivity (Wildman–Crippen MR) is 311 cm³/mol. The van der Waals surface area contributed by atoms with Crippen LogP contribution in [-0.4, -0.2) is 37.2 Å². The molecule has 0 spiro atoms. The number of allylic oxidation sites excluding steroid dienone is 28. The van der Waals surface area contributed by atoms with Gasteiger partial charge in [0.25, 0.3) is 0 Å². The zero-order chi connectivity index (χ0) is 52.2. The number of hydrogen-bond donors (Lipinski definition) is 0. The number of unbranched alkanes of at least 4 members (excludes halogenated alkanes) is 16. The molecule has 0 aromatic heterocycles. The lowest BCUT2D eigenvalue weighted by atomic mass is 10.1. The monoisotopic (exact) mass is 989 g/mol. The minimum absolute atomic E-state index is 0.135. The molecule has 72 heavy (non-hydrogen) atoms. The Morgan fingerprint density at radius 1 is 0.306 bits per heavy atom. The fourth-order valence-corrected chi connectivity index (χ4v) is 6.99. The van der Waals surface area contributed by atoms with Crippen molar-refractivity contribution in [2.75, 3.05) is 13.2 Å². The average Bonchev–Trinajstić information content (AvgIpc) is 3.38. The molecule has 6 heteroatoms. The van der Waals surface area contributed by atoms with Gasteiger partial charge in [-0.15, -0.1) is 0 Å². The number of hydrogen-bond acceptors (Lipinski definition) is 6. The van der Waals surface area contributed by atoms with Gasteiger partial charge in [-0.2, -0.15) is 0 Å². The fraction of sp³-hybridized carbons (Fsp3) is 0.530. The van der Waals surface area contributed by atoms with Gasteiger partial charge in [-0.1, -0.05) is 262 Å². The van der Waals surface area contributed by atoms with Crippen molar-refractivity contribution in [2.45, 2.75) is 213 Å². The Balaban J connectivity index is 4.62. The summed E-state index contributed by atoms with van der Waals surface area (Å²) in [6, 6.07) is 0. The van der Waals surface area contributed by atoms with Crippen LogP contribution in [0.1, 0.15) is 207 Å². The quantitative estimate of drug-likeness (QED) is 0.0199. The first-order valence-electron chi connectivity index (χ1n) is 28.3. The lowest BCUT2D eigenvalue weighted by molar-refractivity contribution is -0.166. The molecule has 0 bridgehead atoms. The third-order valence-corrected chi connectivity index (χ3v) is 11.2. The smallest absolute Gasteiger partial charge is 0.306 e. The lowest BCUT2D eigenvalue weighted by Gasteiger charge is -2.18. The summed E-state index contributed by atoms with van der Waals surface area (Å²) in [4.78, 5) is 38.1. The first-order valence-corrected chi connectivity index (χ1v) is 28.3. The van der Waals surface area contributed by atoms with Crippen molar-refractivity contribution in [3.8, 4) is 0 Å². The average molecular weight is 990 g/mol. The molecule has 0 saturated heterocycles. The van der Waals surface area contributed by atoms with Gasteiger partial charge < -0.3 is 14.2 Å². The van der Waals surface area contributed by atoms with Crippen LogP contribution in [0.2, 0.25) is 0 Å². The van der Waals surface area contributed by atoms with E-state index in [4.69, 9.17) is 14.2 Å². The molecule has 0 heterocycles. The number of rotatable bonds is 48. The van der Waals surface area contributed by atoms with Crippen molar-refractivity contribution in [3.05, 3.63) is 170 Å². The van der Waals surface area contributed by atoms with Gasteiger partial charge in [-0.05, 0) is 96.3 Å². The van der Waals surface area contributed by atoms with Crippen molar-refractivity contribution < 1.29 is 28.6 Å². The van der Waals surface area contributed by atoms with Crippen LogP contribution in [-0.2, 0) is 28.6 Å². The molecule has 0 saturated carbocycles. The molecule has 0 rings (SSSR count). The van der Waals surface area contributed by atoms with Crippen molar-refractivity contribution in [3.63, 3.8) is 0 Å². The summed E-state index contributed by atoms with van der Waals surface area (Å²) in [6.45, 7) is 6.22. The zero-order valence-corrected chi connectivity index (χ0v) is 45.6. The molecule has 1 atom stereocenters. The second kappa shape index (κ2) is 58.3. The highest BCUT2D eigenvalue weighted by atomic mass is 16.6. The largest absolute Gasteiger partial charge is 0.462 e. The van der Waals surface area contributed by atoms with E-state index in [0.29, 0.717) is 12.8 Å². The molecule has 0 aliphatic rings. The van der Waals surface area contributed by atoms with Crippen LogP contribution < -0.4 is 0 Å². The molecule has 0 amide bonds. The summed E-state index contributed by atoms with van der Waals surface area (Å²) in [6.07, 6.45) is 86.3. The van der Waals surface area contributed by atoms with E-state index in [1.54, 1.807) is 0 Å². The van der Waals surface area contributed by atoms with Gasteiger partial charge in [-0.3, -0.25) is 14.4 Å². The Labute approximate surface area is 441 Å². The number of carbonyl (C=O) groups excluding carboxylic acids is 3. The number of carbonyl (C=O) groups is 3. The van der Waals surface area contributed by atoms with Crippen molar-refractivity contribution in [1.82, 2.24) is 0 Å². The molecule has 400 valence electrons. The van der Waals surface area contributed by atoms with E-state index in [0.717, 1.165) is 83.5 Å². The molecule has 0 aliphatic carbocycles. The Kier molecular flexibility index (Phi) is 54.1. The van der Waals surface area contributed by atoms with E-state index in [1.807, 2.05) is 85.1 Å². The molecule has 0 N–H and O–H groups in total. The van der Waals surface area contributed by atoms with E-state index in [-0.39, 0.29) is 50.4 Å². The maximum atomic E-state index is 12.9. The second-order valence-corrected chi connectivity index (χ2v) is 17.9. The molecule has 1 unspecified atom stereocenters. The van der Waals surface area contributed by atoms with Gasteiger partial charge >= 0.3 is 17.9 Å². The molecule has 0 aromatic carbocycles. The number of ether oxygens (including phenoxy) is 3. The first kappa shape index (κ1) is 66.8. The molecule has 6 nitrogen and oxygen atoms in total. The molecule has 0 fully saturated rings. The Morgan fingerprint density at radius 2 is 0.639 bits per heavy atom. The zero-order valence-electron chi connectivity index (χ0n) is 45.6. The van der Waals surface area contributed by atoms with Crippen LogP contribution in [0.3, 0.4) is 0 Å². The summed E-state index contributed by atoms with van der Waals surface area (Å²) in [5.74, 6) is -1.07. The van der Waals surface area contributed by atoms with E-state index in [2.05, 4.69) is 106 Å². The first-order chi connectivity index (χ1) is 35.5. The molecule has 0 radical (unpaired) electrons. The third kappa shape index (κ3) is 55.7. The Morgan fingerprint density at radius 3 is 1.10 bits per heavy atom. The van der Waals surface area contributed by atoms with Crippen molar-refractivity contribution >= 4 is 17.9 Å². The summed E-state index contributed by atoms with van der Waals surface area (Å²) in [5, 5.41) is 0. The summed E-state index contributed by atoms with van der Waals surface area (Å²) < 4.78 is 16.7. The second-order valence-electron chi connectivity index (χ2n) is 17.9. The van der Waals surface area contributed by atoms with Crippen molar-refractivity contribution in [1.29, 1.82) is 0 Å². The maximum Gasteiger partial charge on any atom is 0.306 e. The van der Waals surface area contributed by atoms with E-state index < -0.39 is 6.10 Å². The van der Waals surface area contributed by atoms with E-state index in [9.17, 15) is 14.4 Å². The summed E-state index contributed by atoms with van der Waals surface area (Å²) >= 11 is 0. The van der Waals surface area contributed by atoms with Crippen LogP contribution in [0.25, 0.3) is 0 Å². The topological polar surface area (TPSA) is 78.9 Å². The van der Waals surface area contributed by atoms with Crippen LogP contribution in [0.15, 0.2) is 170 Å². The standard InChI is InChI=1S/C66H100O6/c1-4-7-10-13-16-19-22-25-28-31-33-35-38-41-44-47-50-53-56-59-65(68)71-62-63(61-70-64(67)58-55-52-49-46-43-40-37-30-27-24-21-18-15-12-9-6-3)72-66(69)60-57-54-51-48-45-42-39-36-34-32-29-26-23-20-17-14-11-8-5-2/h7,9-10,12-13,16-23,25-28,30-31,33,35,38,40-41,43-44,49,52,63H,4-6,8,11,14-15,24,29,32,34,36-37,39,42,45-48,50-51,53-62H2,1-3H3/b10-7-,12-9-,16-13-,20-17-,21-18-,22-19-,26-23-,28-25-,30-27-,33-31+,38-35-,43-40-,44-41-,52-49-. The van der Waals surface area contributed by atoms with Gasteiger partial charge in [0.15, 0.2) is 6.10 Å². The fourth-order valence-electron chi connectivity index (χ4n) is 6.99. The highest BCUT2D eigenvalue weighted by Gasteiger charge is 2.19. The van der Waals surface area contributed by atoms with Crippen LogP contribution >= 0.6 is 0 Å². The molecule has 0 aromatic rings. The van der Waals surface area contributed by atoms with Crippen LogP contribution in [0.4, 0.5) is 0 Å². The number of esters is 3. The van der Waals surface area contributed by atoms with Gasteiger partial charge in [0.2, 0.25) is 0 Å². The van der Waals surface area contributed by atoms with Crippen LogP contribution in [0.5, 0.6) is 0 Å². The van der Waals surface area contributed by atoms with Gasteiger partial charge in [0, 0.05) is 19.3 Å². The van der Waals surface area contributed by atoms with E-state index in [1.165, 1.54) is 70.6 Å². The van der Waals surface area contributed by atoms with E-state index >= 15 is 0 Å². The molecular formula is C66H100O6. The van der Waals surface area contributed by atoms with Crippen molar-refractivity contribution in [2.24, 2.45) is 0 Å². The summed E-state index contributed by atoms with van der Waals surface area (Å²) in [5.41, 5.74) is 0. The third-order valence-electron chi connectivity index (χ3n) is 11.2. The Bertz CT molecular complexity index is 1700. The highest BCUT2D eigenvalue weighted by molar-refractivity contribution is 5.71. The predicted octanol–water partition coefficient (Wildman–Crippen LogP) is 19.1. The highest BCUT2D eigenvalue weighted by Crippen LogP contribution is 2.14. The maximum absolute atomic E-state index is 12.9. The van der Waals surface area contributed by atoms with Crippen LogP contribution in [0, 0.1) is 0 Å². The van der Waals surface area contributed by atoms with Gasteiger partial charge in [-0.25, -0.2) is 0 Å².